The fourth-order valence-electron chi connectivity index (χ4n) is 1.86. The van der Waals surface area contributed by atoms with E-state index in [1.54, 1.807) is 30.5 Å². The molecule has 0 atom stereocenters. The SMILES string of the molecule is CCCNc1cccnc1S(=O)(=O)N(C)Cc1ccsc1. The monoisotopic (exact) mass is 325 g/mol. The average molecular weight is 325 g/mol. The molecule has 7 heteroatoms. The van der Waals surface area contributed by atoms with Crippen molar-refractivity contribution in [3.8, 4) is 0 Å². The molecule has 0 fully saturated rings. The zero-order valence-electron chi connectivity index (χ0n) is 12.1. The van der Waals surface area contributed by atoms with Crippen LogP contribution < -0.4 is 5.32 Å². The second kappa shape index (κ2) is 7.02. The molecule has 0 amide bonds. The van der Waals surface area contributed by atoms with E-state index in [1.807, 2.05) is 23.8 Å². The van der Waals surface area contributed by atoms with Crippen molar-refractivity contribution < 1.29 is 8.42 Å². The largest absolute Gasteiger partial charge is 0.383 e. The van der Waals surface area contributed by atoms with E-state index in [-0.39, 0.29) is 5.03 Å². The number of hydrogen-bond donors (Lipinski definition) is 1. The fourth-order valence-corrected chi connectivity index (χ4v) is 3.75. The Labute approximate surface area is 129 Å². The number of aromatic nitrogens is 1. The van der Waals surface area contributed by atoms with Crippen LogP contribution in [-0.2, 0) is 16.6 Å². The normalized spacial score (nSPS) is 11.8. The summed E-state index contributed by atoms with van der Waals surface area (Å²) in [6.45, 7) is 3.08. The van der Waals surface area contributed by atoms with Crippen LogP contribution in [0, 0.1) is 0 Å². The van der Waals surface area contributed by atoms with Crippen molar-refractivity contribution in [2.24, 2.45) is 0 Å². The Kier molecular flexibility index (Phi) is 5.33. The Morgan fingerprint density at radius 2 is 2.19 bits per heavy atom. The third-order valence-corrected chi connectivity index (χ3v) is 5.47. The summed E-state index contributed by atoms with van der Waals surface area (Å²) in [6, 6.07) is 5.40. The molecule has 0 bridgehead atoms. The van der Waals surface area contributed by atoms with Crippen LogP contribution in [0.25, 0.3) is 0 Å². The van der Waals surface area contributed by atoms with Crippen LogP contribution in [0.4, 0.5) is 5.69 Å². The maximum absolute atomic E-state index is 12.7. The van der Waals surface area contributed by atoms with Gasteiger partial charge in [0.15, 0.2) is 5.03 Å². The Balaban J connectivity index is 2.26. The molecule has 1 N–H and O–H groups in total. The van der Waals surface area contributed by atoms with Gasteiger partial charge in [-0.05, 0) is 40.9 Å². The molecule has 0 radical (unpaired) electrons. The van der Waals surface area contributed by atoms with Crippen LogP contribution in [0.2, 0.25) is 0 Å². The van der Waals surface area contributed by atoms with Crippen molar-refractivity contribution >= 4 is 27.0 Å². The highest BCUT2D eigenvalue weighted by atomic mass is 32.2. The number of sulfonamides is 1. The van der Waals surface area contributed by atoms with E-state index in [4.69, 9.17) is 0 Å². The van der Waals surface area contributed by atoms with Crippen LogP contribution in [-0.4, -0.2) is 31.3 Å². The van der Waals surface area contributed by atoms with Gasteiger partial charge in [-0.3, -0.25) is 0 Å². The number of rotatable bonds is 7. The highest BCUT2D eigenvalue weighted by Gasteiger charge is 2.25. The van der Waals surface area contributed by atoms with Crippen molar-refractivity contribution in [3.05, 3.63) is 40.7 Å². The molecule has 0 aromatic carbocycles. The van der Waals surface area contributed by atoms with Gasteiger partial charge >= 0.3 is 0 Å². The molecule has 0 spiro atoms. The van der Waals surface area contributed by atoms with Crippen molar-refractivity contribution in [2.45, 2.75) is 24.9 Å². The van der Waals surface area contributed by atoms with Gasteiger partial charge in [0.1, 0.15) is 0 Å². The number of pyridine rings is 1. The second-order valence-corrected chi connectivity index (χ2v) is 7.42. The number of thiophene rings is 1. The summed E-state index contributed by atoms with van der Waals surface area (Å²) < 4.78 is 26.7. The van der Waals surface area contributed by atoms with Crippen molar-refractivity contribution in [1.29, 1.82) is 0 Å². The molecule has 2 heterocycles. The Hall–Kier alpha value is -1.44. The summed E-state index contributed by atoms with van der Waals surface area (Å²) in [4.78, 5) is 4.06. The molecule has 0 aliphatic carbocycles. The maximum atomic E-state index is 12.7. The molecule has 0 saturated carbocycles. The fraction of sp³-hybridized carbons (Fsp3) is 0.357. The number of nitrogens with zero attached hydrogens (tertiary/aromatic N) is 2. The third-order valence-electron chi connectivity index (χ3n) is 2.98. The summed E-state index contributed by atoms with van der Waals surface area (Å²) in [5.74, 6) is 0. The van der Waals surface area contributed by atoms with Gasteiger partial charge in [-0.25, -0.2) is 13.4 Å². The van der Waals surface area contributed by atoms with Gasteiger partial charge in [-0.15, -0.1) is 0 Å². The van der Waals surface area contributed by atoms with E-state index in [0.29, 0.717) is 18.8 Å². The van der Waals surface area contributed by atoms with Gasteiger partial charge in [0.05, 0.1) is 5.69 Å². The summed E-state index contributed by atoms with van der Waals surface area (Å²) in [5, 5.41) is 7.08. The second-order valence-electron chi connectivity index (χ2n) is 4.68. The lowest BCUT2D eigenvalue weighted by atomic mass is 10.3. The van der Waals surface area contributed by atoms with Gasteiger partial charge in [0.25, 0.3) is 10.0 Å². The molecule has 5 nitrogen and oxygen atoms in total. The van der Waals surface area contributed by atoms with Gasteiger partial charge in [-0.1, -0.05) is 6.92 Å². The lowest BCUT2D eigenvalue weighted by molar-refractivity contribution is 0.464. The molecule has 2 rings (SSSR count). The van der Waals surface area contributed by atoms with Crippen LogP contribution in [0.3, 0.4) is 0 Å². The molecule has 0 saturated heterocycles. The molecule has 0 unspecified atom stereocenters. The minimum absolute atomic E-state index is 0.0798. The molecular weight excluding hydrogens is 306 g/mol. The Morgan fingerprint density at radius 1 is 1.38 bits per heavy atom. The minimum Gasteiger partial charge on any atom is -0.383 e. The zero-order valence-corrected chi connectivity index (χ0v) is 13.7. The first-order valence-corrected chi connectivity index (χ1v) is 9.10. The Bertz CT molecular complexity index is 669. The molecule has 2 aromatic heterocycles. The van der Waals surface area contributed by atoms with E-state index < -0.39 is 10.0 Å². The van der Waals surface area contributed by atoms with Crippen LogP contribution >= 0.6 is 11.3 Å². The first kappa shape index (κ1) is 15.9. The summed E-state index contributed by atoms with van der Waals surface area (Å²) in [6.07, 6.45) is 2.42. The van der Waals surface area contributed by atoms with Crippen molar-refractivity contribution in [1.82, 2.24) is 9.29 Å². The molecule has 2 aromatic rings. The highest BCUT2D eigenvalue weighted by molar-refractivity contribution is 7.89. The average Bonchev–Trinajstić information content (AvgIpc) is 2.98. The summed E-state index contributed by atoms with van der Waals surface area (Å²) in [5.41, 5.74) is 1.53. The zero-order chi connectivity index (χ0) is 15.3. The summed E-state index contributed by atoms with van der Waals surface area (Å²) in [7, 11) is -2.04. The molecule has 0 aliphatic heterocycles. The predicted octanol–water partition coefficient (Wildman–Crippen LogP) is 2.79. The van der Waals surface area contributed by atoms with E-state index in [2.05, 4.69) is 10.3 Å². The standard InChI is InChI=1S/C14H19N3O2S2/c1-3-7-15-13-5-4-8-16-14(13)21(18,19)17(2)10-12-6-9-20-11-12/h4-6,8-9,11,15H,3,7,10H2,1-2H3. The highest BCUT2D eigenvalue weighted by Crippen LogP contribution is 2.22. The lowest BCUT2D eigenvalue weighted by Crippen LogP contribution is -2.28. The van der Waals surface area contributed by atoms with Gasteiger partial charge in [0.2, 0.25) is 0 Å². The Morgan fingerprint density at radius 3 is 2.86 bits per heavy atom. The van der Waals surface area contributed by atoms with E-state index in [0.717, 1.165) is 12.0 Å². The first-order chi connectivity index (χ1) is 10.1. The van der Waals surface area contributed by atoms with Crippen LogP contribution in [0.15, 0.2) is 40.2 Å². The topological polar surface area (TPSA) is 62.3 Å². The molecule has 21 heavy (non-hydrogen) atoms. The van der Waals surface area contributed by atoms with Crippen molar-refractivity contribution in [2.75, 3.05) is 18.9 Å². The minimum atomic E-state index is -3.61. The number of hydrogen-bond acceptors (Lipinski definition) is 5. The van der Waals surface area contributed by atoms with E-state index >= 15 is 0 Å². The van der Waals surface area contributed by atoms with Gasteiger partial charge in [-0.2, -0.15) is 15.6 Å². The predicted molar refractivity (Wildman–Crippen MR) is 86.0 cm³/mol. The van der Waals surface area contributed by atoms with Crippen LogP contribution in [0.5, 0.6) is 0 Å². The maximum Gasteiger partial charge on any atom is 0.262 e. The van der Waals surface area contributed by atoms with E-state index in [1.165, 1.54) is 10.5 Å². The van der Waals surface area contributed by atoms with Crippen LogP contribution in [0.1, 0.15) is 18.9 Å². The van der Waals surface area contributed by atoms with E-state index in [9.17, 15) is 8.42 Å². The number of nitrogens with one attached hydrogen (secondary N) is 1. The summed E-state index contributed by atoms with van der Waals surface area (Å²) >= 11 is 1.55. The molecule has 0 aliphatic rings. The third kappa shape index (κ3) is 3.81. The quantitative estimate of drug-likeness (QED) is 0.850. The first-order valence-electron chi connectivity index (χ1n) is 6.72. The van der Waals surface area contributed by atoms with Gasteiger partial charge < -0.3 is 5.32 Å². The van der Waals surface area contributed by atoms with Gasteiger partial charge in [0, 0.05) is 26.3 Å². The molecular formula is C14H19N3O2S2. The smallest absolute Gasteiger partial charge is 0.262 e. The molecule has 114 valence electrons. The van der Waals surface area contributed by atoms with Crippen molar-refractivity contribution in [3.63, 3.8) is 0 Å². The lowest BCUT2D eigenvalue weighted by Gasteiger charge is -2.18. The number of anilines is 1.